The van der Waals surface area contributed by atoms with Crippen molar-refractivity contribution in [2.75, 3.05) is 73.8 Å². The first kappa shape index (κ1) is 57.5. The average molecular weight is 721 g/mol. The van der Waals surface area contributed by atoms with Gasteiger partial charge in [0.15, 0.2) is 0 Å². The van der Waals surface area contributed by atoms with Gasteiger partial charge < -0.3 is 110 Å². The van der Waals surface area contributed by atoms with Crippen molar-refractivity contribution in [3.8, 4) is 0 Å². The summed E-state index contributed by atoms with van der Waals surface area (Å²) in [6, 6.07) is 0. The van der Waals surface area contributed by atoms with Crippen molar-refractivity contribution in [3.63, 3.8) is 0 Å². The van der Waals surface area contributed by atoms with Crippen molar-refractivity contribution in [1.82, 2.24) is 0 Å². The monoisotopic (exact) mass is 720 g/mol. The van der Waals surface area contributed by atoms with Gasteiger partial charge in [0.25, 0.3) is 0 Å². The Bertz CT molecular complexity index is 95.4. The average Bonchev–Trinajstić information content (AvgIpc) is 2.68. The SMILES string of the molecule is NCC[S-].NCC[S-].NCC[S-].NCC[S-].NCC[S-].NCC[S-].[Ni+2].[Rh+3].[Rh+3]. The molecule has 0 spiro atoms. The van der Waals surface area contributed by atoms with Crippen LogP contribution in [0.3, 0.4) is 0 Å². The van der Waals surface area contributed by atoms with Gasteiger partial charge in [-0.25, -0.2) is 0 Å². The molecular weight excluding hydrogens is 685 g/mol. The first-order valence-corrected chi connectivity index (χ1v) is 10.6. The summed E-state index contributed by atoms with van der Waals surface area (Å²) < 4.78 is 0. The Balaban J connectivity index is -0.0000000201. The first-order chi connectivity index (χ1) is 11.5. The molecule has 0 radical (unpaired) electrons. The van der Waals surface area contributed by atoms with E-state index >= 15 is 0 Å². The quantitative estimate of drug-likeness (QED) is 0.122. The molecule has 0 rings (SSSR count). The molecule has 12 N–H and O–H groups in total. The molecule has 0 aromatic rings. The standard InChI is InChI=1S/6C2H7NS.Ni.2Rh/c6*3-1-2-4;;;/h6*4H,1-3H2;;;/q;;;;;;+2;2*+3/p-6. The minimum Gasteiger partial charge on any atom is -0.791 e. The van der Waals surface area contributed by atoms with Crippen molar-refractivity contribution < 1.29 is 55.4 Å². The zero-order chi connectivity index (χ0) is 20.5. The number of rotatable bonds is 6. The summed E-state index contributed by atoms with van der Waals surface area (Å²) in [5.41, 5.74) is 29.5. The van der Waals surface area contributed by atoms with Gasteiger partial charge in [-0.15, -0.1) is 0 Å². The number of nitrogens with two attached hydrogens (primary N) is 6. The fourth-order valence-corrected chi connectivity index (χ4v) is 0. The van der Waals surface area contributed by atoms with E-state index in [4.69, 9.17) is 34.4 Å². The minimum atomic E-state index is 0. The zero-order valence-corrected chi connectivity index (χ0v) is 24.5. The Labute approximate surface area is 237 Å². The van der Waals surface area contributed by atoms with Gasteiger partial charge in [-0.2, -0.15) is 34.5 Å². The van der Waals surface area contributed by atoms with Crippen LogP contribution in [0.5, 0.6) is 0 Å². The second kappa shape index (κ2) is 99.5. The molecule has 0 aliphatic carbocycles. The van der Waals surface area contributed by atoms with Crippen LogP contribution in [0.2, 0.25) is 0 Å². The van der Waals surface area contributed by atoms with Crippen LogP contribution in [-0.4, -0.2) is 73.8 Å². The van der Waals surface area contributed by atoms with Crippen molar-refractivity contribution in [3.05, 3.63) is 0 Å². The normalized spacial score (nSPS) is 6.67. The predicted octanol–water partition coefficient (Wildman–Crippen LogP) is -3.06. The molecule has 15 heteroatoms. The molecular formula is C12H36N6NiRh2S6+2. The van der Waals surface area contributed by atoms with E-state index in [0.29, 0.717) is 73.8 Å². The second-order valence-corrected chi connectivity index (χ2v) is 5.41. The fourth-order valence-electron chi connectivity index (χ4n) is 0. The molecule has 0 saturated heterocycles. The van der Waals surface area contributed by atoms with Gasteiger partial charge in [0, 0.05) is 0 Å². The van der Waals surface area contributed by atoms with Crippen molar-refractivity contribution in [2.45, 2.75) is 0 Å². The molecule has 0 saturated carbocycles. The maximum Gasteiger partial charge on any atom is 3.00 e. The van der Waals surface area contributed by atoms with Crippen molar-refractivity contribution >= 4 is 75.8 Å². The first-order valence-electron chi connectivity index (χ1n) is 7.18. The summed E-state index contributed by atoms with van der Waals surface area (Å²) in [6.07, 6.45) is 0. The van der Waals surface area contributed by atoms with E-state index in [2.05, 4.69) is 75.8 Å². The third-order valence-corrected chi connectivity index (χ3v) is 2.12. The molecule has 0 aliphatic heterocycles. The third kappa shape index (κ3) is 245. The summed E-state index contributed by atoms with van der Waals surface area (Å²) in [4.78, 5) is 0. The van der Waals surface area contributed by atoms with Crippen LogP contribution in [0.1, 0.15) is 0 Å². The van der Waals surface area contributed by atoms with E-state index in [-0.39, 0.29) is 55.4 Å². The molecule has 0 heterocycles. The van der Waals surface area contributed by atoms with Gasteiger partial charge in [0.2, 0.25) is 0 Å². The Kier molecular flexibility index (Phi) is 212. The maximum absolute atomic E-state index is 4.92. The van der Waals surface area contributed by atoms with E-state index in [1.165, 1.54) is 0 Å². The van der Waals surface area contributed by atoms with Gasteiger partial charge >= 0.3 is 55.4 Å². The van der Waals surface area contributed by atoms with Gasteiger partial charge in [-0.3, -0.25) is 0 Å². The van der Waals surface area contributed by atoms with E-state index in [9.17, 15) is 0 Å². The smallest absolute Gasteiger partial charge is 0.791 e. The predicted molar refractivity (Wildman–Crippen MR) is 128 cm³/mol. The summed E-state index contributed by atoms with van der Waals surface area (Å²) in [5.74, 6) is 4.08. The van der Waals surface area contributed by atoms with Crippen LogP contribution < -0.4 is 34.4 Å². The van der Waals surface area contributed by atoms with E-state index < -0.39 is 0 Å². The van der Waals surface area contributed by atoms with Gasteiger partial charge in [0.1, 0.15) is 0 Å². The molecule has 0 aromatic heterocycles. The van der Waals surface area contributed by atoms with Crippen molar-refractivity contribution in [2.24, 2.45) is 34.4 Å². The van der Waals surface area contributed by atoms with E-state index in [1.54, 1.807) is 0 Å². The van der Waals surface area contributed by atoms with E-state index in [0.717, 1.165) is 0 Å². The Morgan fingerprint density at radius 1 is 0.333 bits per heavy atom. The molecule has 0 unspecified atom stereocenters. The molecule has 176 valence electrons. The van der Waals surface area contributed by atoms with Crippen LogP contribution in [0.4, 0.5) is 0 Å². The molecule has 27 heavy (non-hydrogen) atoms. The largest absolute Gasteiger partial charge is 3.00 e. The summed E-state index contributed by atoms with van der Waals surface area (Å²) >= 11 is 26.6. The molecule has 0 aliphatic rings. The van der Waals surface area contributed by atoms with Gasteiger partial charge in [-0.1, -0.05) is 0 Å². The van der Waals surface area contributed by atoms with Crippen LogP contribution in [-0.2, 0) is 131 Å². The zero-order valence-electron chi connectivity index (χ0n) is 15.4. The topological polar surface area (TPSA) is 156 Å². The molecule has 0 atom stereocenters. The van der Waals surface area contributed by atoms with Crippen LogP contribution in [0.15, 0.2) is 0 Å². The molecule has 0 bridgehead atoms. The van der Waals surface area contributed by atoms with Crippen LogP contribution in [0, 0.1) is 0 Å². The number of hydrogen-bond donors (Lipinski definition) is 6. The minimum absolute atomic E-state index is 0. The van der Waals surface area contributed by atoms with Crippen LogP contribution >= 0.6 is 0 Å². The summed E-state index contributed by atoms with van der Waals surface area (Å²) in [5, 5.41) is 0. The Morgan fingerprint density at radius 3 is 0.370 bits per heavy atom. The maximum atomic E-state index is 4.92. The number of hydrogen-bond acceptors (Lipinski definition) is 12. The third-order valence-electron chi connectivity index (χ3n) is 0.707. The summed E-state index contributed by atoms with van der Waals surface area (Å²) in [7, 11) is 0. The van der Waals surface area contributed by atoms with Gasteiger partial charge in [0.05, 0.1) is 0 Å². The van der Waals surface area contributed by atoms with Crippen molar-refractivity contribution in [1.29, 1.82) is 0 Å². The Hall–Kier alpha value is 3.60. The fraction of sp³-hybridized carbons (Fsp3) is 1.00. The molecule has 0 fully saturated rings. The molecule has 0 amide bonds. The molecule has 6 nitrogen and oxygen atoms in total. The second-order valence-electron chi connectivity index (χ2n) is 2.96. The van der Waals surface area contributed by atoms with E-state index in [1.807, 2.05) is 0 Å². The molecule has 0 aromatic carbocycles. The Morgan fingerprint density at radius 2 is 0.370 bits per heavy atom. The summed E-state index contributed by atoms with van der Waals surface area (Å²) in [6.45, 7) is 3.81. The van der Waals surface area contributed by atoms with Gasteiger partial charge in [-0.05, 0) is 39.3 Å². The van der Waals surface area contributed by atoms with Crippen LogP contribution in [0.25, 0.3) is 0 Å².